The number of rotatable bonds is 6. The zero-order valence-corrected chi connectivity index (χ0v) is 11.7. The number of hydrogen-bond donors (Lipinski definition) is 0. The van der Waals surface area contributed by atoms with E-state index >= 15 is 0 Å². The van der Waals surface area contributed by atoms with Crippen LogP contribution in [-0.2, 0) is 0 Å². The first-order valence-electron chi connectivity index (χ1n) is 7.06. The van der Waals surface area contributed by atoms with E-state index in [2.05, 4.69) is 37.6 Å². The van der Waals surface area contributed by atoms with Gasteiger partial charge in [0.15, 0.2) is 0 Å². The Morgan fingerprint density at radius 3 is 2.38 bits per heavy atom. The molecule has 0 spiro atoms. The van der Waals surface area contributed by atoms with E-state index in [0.29, 0.717) is 0 Å². The van der Waals surface area contributed by atoms with Crippen LogP contribution in [-0.4, -0.2) is 49.1 Å². The second-order valence-electron chi connectivity index (χ2n) is 5.74. The Bertz CT molecular complexity index is 172. The lowest BCUT2D eigenvalue weighted by Crippen LogP contribution is -2.43. The lowest BCUT2D eigenvalue weighted by molar-refractivity contribution is 0.124. The molecular weight excluding hydrogens is 196 g/mol. The Morgan fingerprint density at radius 2 is 1.88 bits per heavy atom. The molecule has 0 radical (unpaired) electrons. The highest BCUT2D eigenvalue weighted by Crippen LogP contribution is 2.16. The fraction of sp³-hybridized carbons (Fsp3) is 1.00. The molecular formula is C14H30N2. The summed E-state index contributed by atoms with van der Waals surface area (Å²) in [6, 6.07) is 0.843. The minimum Gasteiger partial charge on any atom is -0.303 e. The maximum absolute atomic E-state index is 2.65. The van der Waals surface area contributed by atoms with Gasteiger partial charge in [-0.3, -0.25) is 0 Å². The Balaban J connectivity index is 2.18. The standard InChI is InChI=1S/C14H30N2/c1-5-9-15(4)14-7-11-16(12-8-14)10-6-13(2)3/h13-14H,5-12H2,1-4H3. The average molecular weight is 226 g/mol. The molecule has 0 bridgehead atoms. The zero-order chi connectivity index (χ0) is 12.0. The summed E-state index contributed by atoms with van der Waals surface area (Å²) in [7, 11) is 2.29. The van der Waals surface area contributed by atoms with Gasteiger partial charge in [-0.2, -0.15) is 0 Å². The highest BCUT2D eigenvalue weighted by Gasteiger charge is 2.21. The van der Waals surface area contributed by atoms with Gasteiger partial charge in [0.05, 0.1) is 0 Å². The molecule has 0 amide bonds. The van der Waals surface area contributed by atoms with Crippen molar-refractivity contribution >= 4 is 0 Å². The van der Waals surface area contributed by atoms with Gasteiger partial charge < -0.3 is 9.80 Å². The molecule has 2 nitrogen and oxygen atoms in total. The van der Waals surface area contributed by atoms with E-state index in [0.717, 1.165) is 12.0 Å². The van der Waals surface area contributed by atoms with Gasteiger partial charge in [-0.1, -0.05) is 20.8 Å². The van der Waals surface area contributed by atoms with Crippen LogP contribution in [0.25, 0.3) is 0 Å². The van der Waals surface area contributed by atoms with E-state index in [1.807, 2.05) is 0 Å². The van der Waals surface area contributed by atoms with E-state index in [9.17, 15) is 0 Å². The molecule has 1 aliphatic heterocycles. The Hall–Kier alpha value is -0.0800. The van der Waals surface area contributed by atoms with Gasteiger partial charge in [-0.25, -0.2) is 0 Å². The van der Waals surface area contributed by atoms with Gasteiger partial charge in [-0.05, 0) is 64.8 Å². The molecule has 96 valence electrons. The number of likely N-dealkylation sites (tertiary alicyclic amines) is 1. The summed E-state index contributed by atoms with van der Waals surface area (Å²) < 4.78 is 0. The van der Waals surface area contributed by atoms with E-state index < -0.39 is 0 Å². The first-order chi connectivity index (χ1) is 7.63. The van der Waals surface area contributed by atoms with E-state index in [-0.39, 0.29) is 0 Å². The summed E-state index contributed by atoms with van der Waals surface area (Å²) in [5.41, 5.74) is 0. The second kappa shape index (κ2) is 7.29. The van der Waals surface area contributed by atoms with Crippen LogP contribution in [0.4, 0.5) is 0 Å². The smallest absolute Gasteiger partial charge is 0.0117 e. The molecule has 16 heavy (non-hydrogen) atoms. The van der Waals surface area contributed by atoms with Crippen LogP contribution in [0.3, 0.4) is 0 Å². The predicted octanol–water partition coefficient (Wildman–Crippen LogP) is 2.84. The summed E-state index contributed by atoms with van der Waals surface area (Å²) >= 11 is 0. The van der Waals surface area contributed by atoms with Gasteiger partial charge in [0, 0.05) is 6.04 Å². The molecule has 0 aromatic carbocycles. The van der Waals surface area contributed by atoms with Crippen LogP contribution < -0.4 is 0 Å². The minimum atomic E-state index is 0.843. The maximum atomic E-state index is 2.65. The van der Waals surface area contributed by atoms with E-state index in [1.165, 1.54) is 51.9 Å². The van der Waals surface area contributed by atoms with Crippen molar-refractivity contribution in [3.8, 4) is 0 Å². The minimum absolute atomic E-state index is 0.843. The topological polar surface area (TPSA) is 6.48 Å². The third-order valence-electron chi connectivity index (χ3n) is 3.78. The molecule has 0 aliphatic carbocycles. The van der Waals surface area contributed by atoms with Crippen LogP contribution in [0.1, 0.15) is 46.5 Å². The van der Waals surface area contributed by atoms with Crippen molar-refractivity contribution in [2.45, 2.75) is 52.5 Å². The van der Waals surface area contributed by atoms with Crippen molar-refractivity contribution < 1.29 is 0 Å². The predicted molar refractivity (Wildman–Crippen MR) is 71.8 cm³/mol. The molecule has 0 N–H and O–H groups in total. The quantitative estimate of drug-likeness (QED) is 0.687. The van der Waals surface area contributed by atoms with Gasteiger partial charge >= 0.3 is 0 Å². The van der Waals surface area contributed by atoms with Crippen LogP contribution in [0, 0.1) is 5.92 Å². The zero-order valence-electron chi connectivity index (χ0n) is 11.7. The third kappa shape index (κ3) is 4.84. The Labute approximate surface area is 102 Å². The normalized spacial score (nSPS) is 19.9. The van der Waals surface area contributed by atoms with Crippen LogP contribution in [0.5, 0.6) is 0 Å². The molecule has 1 saturated heterocycles. The van der Waals surface area contributed by atoms with Crippen molar-refractivity contribution in [1.82, 2.24) is 9.80 Å². The number of nitrogens with zero attached hydrogens (tertiary/aromatic N) is 2. The van der Waals surface area contributed by atoms with Crippen molar-refractivity contribution in [3.05, 3.63) is 0 Å². The van der Waals surface area contributed by atoms with E-state index in [1.54, 1.807) is 0 Å². The number of hydrogen-bond acceptors (Lipinski definition) is 2. The molecule has 0 aromatic heterocycles. The second-order valence-corrected chi connectivity index (χ2v) is 5.74. The van der Waals surface area contributed by atoms with Gasteiger partial charge in [0.25, 0.3) is 0 Å². The van der Waals surface area contributed by atoms with Crippen molar-refractivity contribution in [3.63, 3.8) is 0 Å². The molecule has 1 rings (SSSR count). The first kappa shape index (κ1) is 14.0. The lowest BCUT2D eigenvalue weighted by Gasteiger charge is -2.36. The van der Waals surface area contributed by atoms with Crippen LogP contribution in [0.15, 0.2) is 0 Å². The van der Waals surface area contributed by atoms with Crippen LogP contribution in [0.2, 0.25) is 0 Å². The number of piperidine rings is 1. The molecule has 0 atom stereocenters. The average Bonchev–Trinajstić information content (AvgIpc) is 2.27. The van der Waals surface area contributed by atoms with Gasteiger partial charge in [0.2, 0.25) is 0 Å². The largest absolute Gasteiger partial charge is 0.303 e. The molecule has 0 aromatic rings. The SMILES string of the molecule is CCCN(C)C1CCN(CCC(C)C)CC1. The molecule has 1 heterocycles. The fourth-order valence-corrected chi connectivity index (χ4v) is 2.56. The van der Waals surface area contributed by atoms with Gasteiger partial charge in [0.1, 0.15) is 0 Å². The molecule has 1 aliphatic rings. The maximum Gasteiger partial charge on any atom is 0.0117 e. The monoisotopic (exact) mass is 226 g/mol. The summed E-state index contributed by atoms with van der Waals surface area (Å²) in [5, 5.41) is 0. The Morgan fingerprint density at radius 1 is 1.25 bits per heavy atom. The molecule has 0 saturated carbocycles. The first-order valence-corrected chi connectivity index (χ1v) is 7.06. The highest BCUT2D eigenvalue weighted by atomic mass is 15.2. The highest BCUT2D eigenvalue weighted by molar-refractivity contribution is 4.78. The Kier molecular flexibility index (Phi) is 6.37. The third-order valence-corrected chi connectivity index (χ3v) is 3.78. The fourth-order valence-electron chi connectivity index (χ4n) is 2.56. The summed E-state index contributed by atoms with van der Waals surface area (Å²) in [6.45, 7) is 12.1. The lowest BCUT2D eigenvalue weighted by atomic mass is 10.0. The van der Waals surface area contributed by atoms with Crippen molar-refractivity contribution in [1.29, 1.82) is 0 Å². The molecule has 0 unspecified atom stereocenters. The van der Waals surface area contributed by atoms with E-state index in [4.69, 9.17) is 0 Å². The van der Waals surface area contributed by atoms with Gasteiger partial charge in [-0.15, -0.1) is 0 Å². The summed E-state index contributed by atoms with van der Waals surface area (Å²) in [5.74, 6) is 0.848. The summed E-state index contributed by atoms with van der Waals surface area (Å²) in [4.78, 5) is 5.20. The molecule has 1 fully saturated rings. The summed E-state index contributed by atoms with van der Waals surface area (Å²) in [6.07, 6.45) is 5.38. The van der Waals surface area contributed by atoms with Crippen molar-refractivity contribution in [2.24, 2.45) is 5.92 Å². The van der Waals surface area contributed by atoms with Crippen molar-refractivity contribution in [2.75, 3.05) is 33.2 Å². The van der Waals surface area contributed by atoms with Crippen LogP contribution >= 0.6 is 0 Å². The molecule has 2 heteroatoms.